The molecule has 14 heteroatoms. The van der Waals surface area contributed by atoms with Crippen LogP contribution in [0.2, 0.25) is 0 Å². The molecular formula is C34H42N4O9S. The van der Waals surface area contributed by atoms with E-state index >= 15 is 0 Å². The topological polar surface area (TPSA) is 171 Å². The van der Waals surface area contributed by atoms with Crippen LogP contribution in [-0.4, -0.2) is 92.2 Å². The summed E-state index contributed by atoms with van der Waals surface area (Å²) >= 11 is 1.16. The first-order chi connectivity index (χ1) is 23.0. The number of methoxy groups -OCH3 is 2. The number of hydrogen-bond donors (Lipinski definition) is 3. The Balaban J connectivity index is 1.77. The highest BCUT2D eigenvalue weighted by Crippen LogP contribution is 2.22. The van der Waals surface area contributed by atoms with Crippen LogP contribution in [0.4, 0.5) is 0 Å². The Kier molecular flexibility index (Phi) is 14.7. The van der Waals surface area contributed by atoms with Crippen molar-refractivity contribution >= 4 is 40.8 Å². The Labute approximate surface area is 283 Å². The van der Waals surface area contributed by atoms with Crippen molar-refractivity contribution in [2.75, 3.05) is 34.0 Å². The second-order valence-corrected chi connectivity index (χ2v) is 12.3. The third-order valence-corrected chi connectivity index (χ3v) is 8.23. The zero-order chi connectivity index (χ0) is 35.1. The predicted molar refractivity (Wildman–Crippen MR) is 178 cm³/mol. The second kappa shape index (κ2) is 18.6. The molecule has 3 aromatic rings. The van der Waals surface area contributed by atoms with E-state index in [1.807, 2.05) is 12.1 Å². The number of hydrogen-bond acceptors (Lipinski definition) is 11. The summed E-state index contributed by atoms with van der Waals surface area (Å²) in [5.74, 6) is -2.81. The van der Waals surface area contributed by atoms with E-state index in [9.17, 15) is 24.0 Å². The van der Waals surface area contributed by atoms with Crippen LogP contribution in [0.3, 0.4) is 0 Å². The number of nitrogens with zero attached hydrogens (tertiary/aromatic N) is 1. The molecule has 3 N–H and O–H groups in total. The normalized spacial score (nSPS) is 14.0. The summed E-state index contributed by atoms with van der Waals surface area (Å²) in [5.41, 5.74) is -0.881. The summed E-state index contributed by atoms with van der Waals surface area (Å²) in [7, 11) is 2.72. The van der Waals surface area contributed by atoms with E-state index in [2.05, 4.69) is 20.9 Å². The molecule has 2 aromatic carbocycles. The van der Waals surface area contributed by atoms with E-state index in [-0.39, 0.29) is 26.1 Å². The maximum atomic E-state index is 14.1. The molecule has 0 aliphatic heterocycles. The fourth-order valence-electron chi connectivity index (χ4n) is 4.60. The smallest absolute Gasteiger partial charge is 0.345 e. The van der Waals surface area contributed by atoms with Gasteiger partial charge in [0.1, 0.15) is 22.7 Å². The van der Waals surface area contributed by atoms with Gasteiger partial charge in [0.15, 0.2) is 18.0 Å². The van der Waals surface area contributed by atoms with Gasteiger partial charge in [0, 0.05) is 14.2 Å². The summed E-state index contributed by atoms with van der Waals surface area (Å²) in [5, 5.41) is 8.61. The Hall–Kier alpha value is -4.66. The van der Waals surface area contributed by atoms with Gasteiger partial charge in [-0.25, -0.2) is 9.78 Å². The van der Waals surface area contributed by atoms with Crippen LogP contribution in [0.25, 0.3) is 0 Å². The minimum atomic E-state index is -1.62. The van der Waals surface area contributed by atoms with Crippen LogP contribution in [0.5, 0.6) is 5.75 Å². The van der Waals surface area contributed by atoms with Crippen LogP contribution in [0, 0.1) is 6.92 Å². The minimum absolute atomic E-state index is 0.0728. The van der Waals surface area contributed by atoms with Crippen molar-refractivity contribution < 1.29 is 42.9 Å². The van der Waals surface area contributed by atoms with Gasteiger partial charge in [-0.3, -0.25) is 19.2 Å². The fourth-order valence-corrected chi connectivity index (χ4v) is 5.28. The van der Waals surface area contributed by atoms with Gasteiger partial charge in [-0.05, 0) is 44.4 Å². The Bertz CT molecular complexity index is 1520. The van der Waals surface area contributed by atoms with Crippen LogP contribution in [0.1, 0.15) is 40.5 Å². The lowest BCUT2D eigenvalue weighted by atomic mass is 9.88. The second-order valence-electron chi connectivity index (χ2n) is 11.0. The molecule has 3 rings (SSSR count). The zero-order valence-corrected chi connectivity index (χ0v) is 28.5. The first-order valence-corrected chi connectivity index (χ1v) is 16.1. The lowest BCUT2D eigenvalue weighted by Crippen LogP contribution is -2.60. The number of rotatable bonds is 19. The molecule has 0 saturated heterocycles. The standard InChI is InChI=1S/C34H42N4O9S/c1-6-34(3,47-29(39)21-46-24-15-11-8-12-16-24)30(40)25(17-23-13-9-7-10-14-23)36-31(41)26(19-44-4)37-32(42)27(20-45-5)38-33(43)28-18-35-22(2)48-28/h7-16,18,25-27H,6,17,19-21H2,1-5H3,(H,36,41)(H,37,42)(H,38,43)/t25-,26-,27-,34+/m0/s1. The molecule has 0 spiro atoms. The van der Waals surface area contributed by atoms with Crippen molar-refractivity contribution in [1.29, 1.82) is 0 Å². The molecule has 0 aliphatic carbocycles. The Morgan fingerprint density at radius 2 is 1.40 bits per heavy atom. The van der Waals surface area contributed by atoms with Crippen molar-refractivity contribution in [1.82, 2.24) is 20.9 Å². The van der Waals surface area contributed by atoms with Gasteiger partial charge in [0.2, 0.25) is 11.8 Å². The number of nitrogens with one attached hydrogen (secondary N) is 3. The molecule has 0 unspecified atom stereocenters. The highest BCUT2D eigenvalue weighted by atomic mass is 32.1. The number of carbonyl (C=O) groups is 5. The molecule has 13 nitrogen and oxygen atoms in total. The van der Waals surface area contributed by atoms with E-state index in [1.54, 1.807) is 62.4 Å². The van der Waals surface area contributed by atoms with Crippen LogP contribution >= 0.6 is 11.3 Å². The molecule has 0 aliphatic rings. The van der Waals surface area contributed by atoms with Gasteiger partial charge in [0.05, 0.1) is 30.5 Å². The van der Waals surface area contributed by atoms with E-state index in [1.165, 1.54) is 27.3 Å². The number of thiazole rings is 1. The lowest BCUT2D eigenvalue weighted by molar-refractivity contribution is -0.169. The van der Waals surface area contributed by atoms with Crippen molar-refractivity contribution in [2.24, 2.45) is 0 Å². The van der Waals surface area contributed by atoms with Gasteiger partial charge in [0.25, 0.3) is 5.91 Å². The number of benzene rings is 2. The Morgan fingerprint density at radius 3 is 1.94 bits per heavy atom. The maximum Gasteiger partial charge on any atom is 0.345 e. The van der Waals surface area contributed by atoms with Gasteiger partial charge in [-0.1, -0.05) is 55.5 Å². The summed E-state index contributed by atoms with van der Waals surface area (Å²) < 4.78 is 21.5. The fraction of sp³-hybridized carbons (Fsp3) is 0.412. The lowest BCUT2D eigenvalue weighted by Gasteiger charge is -2.32. The summed E-state index contributed by atoms with van der Waals surface area (Å²) in [6, 6.07) is 14.1. The summed E-state index contributed by atoms with van der Waals surface area (Å²) in [4.78, 5) is 71.0. The van der Waals surface area contributed by atoms with Crippen molar-refractivity contribution in [3.8, 4) is 5.75 Å². The highest BCUT2D eigenvalue weighted by molar-refractivity contribution is 7.13. The average molecular weight is 683 g/mol. The van der Waals surface area contributed by atoms with Gasteiger partial charge in [-0.2, -0.15) is 0 Å². The van der Waals surface area contributed by atoms with E-state index in [0.717, 1.165) is 16.9 Å². The SMILES string of the molecule is CC[C@@](C)(OC(=O)COc1ccccc1)C(=O)[C@H](Cc1ccccc1)NC(=O)[C@H](COC)NC(=O)[C@H](COC)NC(=O)c1cnc(C)s1. The predicted octanol–water partition coefficient (Wildman–Crippen LogP) is 2.42. The summed E-state index contributed by atoms with van der Waals surface area (Å²) in [6.07, 6.45) is 1.59. The number of amides is 3. The largest absolute Gasteiger partial charge is 0.482 e. The van der Waals surface area contributed by atoms with E-state index < -0.39 is 59.8 Å². The van der Waals surface area contributed by atoms with Gasteiger partial charge < -0.3 is 34.9 Å². The quantitative estimate of drug-likeness (QED) is 0.160. The molecule has 0 fully saturated rings. The van der Waals surface area contributed by atoms with Crippen molar-refractivity contribution in [2.45, 2.75) is 57.3 Å². The minimum Gasteiger partial charge on any atom is -0.482 e. The molecule has 4 atom stereocenters. The molecule has 0 bridgehead atoms. The molecular weight excluding hydrogens is 640 g/mol. The van der Waals surface area contributed by atoms with Crippen LogP contribution in [0.15, 0.2) is 66.9 Å². The zero-order valence-electron chi connectivity index (χ0n) is 27.6. The number of esters is 1. The number of aryl methyl sites for hydroxylation is 1. The first-order valence-electron chi connectivity index (χ1n) is 15.3. The van der Waals surface area contributed by atoms with Crippen molar-refractivity contribution in [3.05, 3.63) is 82.3 Å². The van der Waals surface area contributed by atoms with Gasteiger partial charge in [-0.15, -0.1) is 11.3 Å². The van der Waals surface area contributed by atoms with Crippen molar-refractivity contribution in [3.63, 3.8) is 0 Å². The monoisotopic (exact) mass is 682 g/mol. The molecule has 48 heavy (non-hydrogen) atoms. The number of ether oxygens (including phenoxy) is 4. The number of Topliss-reactive ketones (excluding diaryl/α,β-unsaturated/α-hetero) is 1. The first kappa shape index (κ1) is 37.8. The molecule has 1 aromatic heterocycles. The molecule has 0 radical (unpaired) electrons. The van der Waals surface area contributed by atoms with Crippen LogP contribution < -0.4 is 20.7 Å². The van der Waals surface area contributed by atoms with E-state index in [4.69, 9.17) is 18.9 Å². The van der Waals surface area contributed by atoms with E-state index in [0.29, 0.717) is 15.6 Å². The van der Waals surface area contributed by atoms with Crippen LogP contribution in [-0.2, 0) is 39.8 Å². The highest BCUT2D eigenvalue weighted by Gasteiger charge is 2.41. The summed E-state index contributed by atoms with van der Waals surface area (Å²) in [6.45, 7) is 4.07. The number of ketones is 1. The number of para-hydroxylation sites is 1. The molecule has 3 amide bonds. The number of carbonyl (C=O) groups excluding carboxylic acids is 5. The Morgan fingerprint density at radius 1 is 0.833 bits per heavy atom. The third-order valence-electron chi connectivity index (χ3n) is 7.32. The van der Waals surface area contributed by atoms with Gasteiger partial charge >= 0.3 is 5.97 Å². The molecule has 0 saturated carbocycles. The molecule has 258 valence electrons. The average Bonchev–Trinajstić information content (AvgIpc) is 3.53. The molecule has 1 heterocycles. The maximum absolute atomic E-state index is 14.1. The number of aromatic nitrogens is 1. The third kappa shape index (κ3) is 11.2.